The largest absolute Gasteiger partial charge is 0.370 e. The van der Waals surface area contributed by atoms with Gasteiger partial charge in [-0.3, -0.25) is 4.99 Å². The number of rotatable bonds is 4. The van der Waals surface area contributed by atoms with Crippen molar-refractivity contribution in [2.75, 3.05) is 11.9 Å². The minimum absolute atomic E-state index is 0. The van der Waals surface area contributed by atoms with Crippen molar-refractivity contribution in [3.63, 3.8) is 0 Å². The van der Waals surface area contributed by atoms with Crippen molar-refractivity contribution in [3.8, 4) is 0 Å². The Balaban J connectivity index is 0.00000192. The van der Waals surface area contributed by atoms with Crippen LogP contribution in [0.2, 0.25) is 0 Å². The highest BCUT2D eigenvalue weighted by Gasteiger charge is 2.44. The van der Waals surface area contributed by atoms with Gasteiger partial charge in [0.2, 0.25) is 0 Å². The van der Waals surface area contributed by atoms with Crippen molar-refractivity contribution in [3.05, 3.63) is 65.5 Å². The maximum atomic E-state index is 13.0. The molecule has 3 N–H and O–H groups in total. The highest BCUT2D eigenvalue weighted by Crippen LogP contribution is 2.48. The second-order valence-corrected chi connectivity index (χ2v) is 5.98. The SMILES string of the molecule is Cc1cccc(NC(N)=NCC2(c3ccc(F)cc3)CC2)c1.I. The van der Waals surface area contributed by atoms with Crippen molar-refractivity contribution >= 4 is 35.6 Å². The van der Waals surface area contributed by atoms with Gasteiger partial charge in [-0.15, -0.1) is 24.0 Å². The third-order valence-corrected chi connectivity index (χ3v) is 4.15. The molecular weight excluding hydrogens is 404 g/mol. The van der Waals surface area contributed by atoms with Crippen LogP contribution in [-0.2, 0) is 5.41 Å². The maximum Gasteiger partial charge on any atom is 0.193 e. The van der Waals surface area contributed by atoms with Crippen molar-refractivity contribution in [2.24, 2.45) is 10.7 Å². The topological polar surface area (TPSA) is 50.4 Å². The van der Waals surface area contributed by atoms with E-state index in [1.165, 1.54) is 17.7 Å². The van der Waals surface area contributed by atoms with Crippen molar-refractivity contribution in [2.45, 2.75) is 25.2 Å². The molecule has 3 rings (SSSR count). The number of aliphatic imine (C=N–C) groups is 1. The zero-order chi connectivity index (χ0) is 15.6. The van der Waals surface area contributed by atoms with E-state index in [9.17, 15) is 4.39 Å². The molecule has 1 saturated carbocycles. The number of aryl methyl sites for hydroxylation is 1. The van der Waals surface area contributed by atoms with E-state index in [0.29, 0.717) is 12.5 Å². The highest BCUT2D eigenvalue weighted by atomic mass is 127. The number of benzene rings is 2. The molecule has 0 amide bonds. The van der Waals surface area contributed by atoms with E-state index >= 15 is 0 Å². The predicted molar refractivity (Wildman–Crippen MR) is 104 cm³/mol. The van der Waals surface area contributed by atoms with Crippen molar-refractivity contribution in [1.82, 2.24) is 0 Å². The van der Waals surface area contributed by atoms with Gasteiger partial charge in [-0.2, -0.15) is 0 Å². The Morgan fingerprint density at radius 2 is 1.91 bits per heavy atom. The average molecular weight is 425 g/mol. The van der Waals surface area contributed by atoms with Crippen LogP contribution in [0, 0.1) is 12.7 Å². The van der Waals surface area contributed by atoms with E-state index < -0.39 is 0 Å². The molecule has 122 valence electrons. The van der Waals surface area contributed by atoms with Crippen LogP contribution < -0.4 is 11.1 Å². The maximum absolute atomic E-state index is 13.0. The van der Waals surface area contributed by atoms with Gasteiger partial charge in [0.25, 0.3) is 0 Å². The van der Waals surface area contributed by atoms with E-state index in [2.05, 4.69) is 10.3 Å². The Morgan fingerprint density at radius 3 is 2.52 bits per heavy atom. The summed E-state index contributed by atoms with van der Waals surface area (Å²) in [6.45, 7) is 2.66. The Kier molecular flexibility index (Phi) is 5.62. The van der Waals surface area contributed by atoms with Crippen LogP contribution in [0.1, 0.15) is 24.0 Å². The zero-order valence-electron chi connectivity index (χ0n) is 13.1. The Hall–Kier alpha value is -1.63. The van der Waals surface area contributed by atoms with Gasteiger partial charge in [0.1, 0.15) is 5.82 Å². The van der Waals surface area contributed by atoms with E-state index in [1.54, 1.807) is 0 Å². The average Bonchev–Trinajstić information content (AvgIpc) is 3.27. The van der Waals surface area contributed by atoms with E-state index in [4.69, 9.17) is 5.73 Å². The number of halogens is 2. The van der Waals surface area contributed by atoms with Gasteiger partial charge in [0, 0.05) is 11.1 Å². The van der Waals surface area contributed by atoms with Crippen LogP contribution in [0.5, 0.6) is 0 Å². The molecule has 0 saturated heterocycles. The van der Waals surface area contributed by atoms with E-state index in [0.717, 1.165) is 24.1 Å². The standard InChI is InChI=1S/C18H20FN3.HI/c1-13-3-2-4-16(11-13)22-17(20)21-12-18(9-10-18)14-5-7-15(19)8-6-14;/h2-8,11H,9-10,12H2,1H3,(H3,20,21,22);1H. The molecule has 1 aliphatic carbocycles. The van der Waals surface area contributed by atoms with Crippen LogP contribution >= 0.6 is 24.0 Å². The second-order valence-electron chi connectivity index (χ2n) is 5.98. The fourth-order valence-electron chi connectivity index (χ4n) is 2.64. The number of nitrogens with zero attached hydrogens (tertiary/aromatic N) is 1. The van der Waals surface area contributed by atoms with Gasteiger partial charge in [0.15, 0.2) is 5.96 Å². The number of nitrogens with one attached hydrogen (secondary N) is 1. The molecule has 1 aliphatic rings. The number of hydrogen-bond donors (Lipinski definition) is 2. The fourth-order valence-corrected chi connectivity index (χ4v) is 2.64. The quantitative estimate of drug-likeness (QED) is 0.438. The molecule has 0 atom stereocenters. The summed E-state index contributed by atoms with van der Waals surface area (Å²) in [5.41, 5.74) is 9.25. The fraction of sp³-hybridized carbons (Fsp3) is 0.278. The summed E-state index contributed by atoms with van der Waals surface area (Å²) in [5.74, 6) is 0.211. The van der Waals surface area contributed by atoms with Crippen LogP contribution in [0.15, 0.2) is 53.5 Å². The molecule has 5 heteroatoms. The van der Waals surface area contributed by atoms with Gasteiger partial charge in [0.05, 0.1) is 6.54 Å². The Morgan fingerprint density at radius 1 is 1.22 bits per heavy atom. The van der Waals surface area contributed by atoms with E-state index in [1.807, 2.05) is 43.3 Å². The smallest absolute Gasteiger partial charge is 0.193 e. The summed E-state index contributed by atoms with van der Waals surface area (Å²) < 4.78 is 13.0. The molecule has 0 heterocycles. The van der Waals surface area contributed by atoms with Gasteiger partial charge in [-0.25, -0.2) is 4.39 Å². The summed E-state index contributed by atoms with van der Waals surface area (Å²) in [5, 5.41) is 3.11. The summed E-state index contributed by atoms with van der Waals surface area (Å²) in [4.78, 5) is 4.47. The molecule has 0 unspecified atom stereocenters. The van der Waals surface area contributed by atoms with Crippen LogP contribution in [0.3, 0.4) is 0 Å². The molecule has 0 aliphatic heterocycles. The van der Waals surface area contributed by atoms with Gasteiger partial charge < -0.3 is 11.1 Å². The number of guanidine groups is 1. The summed E-state index contributed by atoms with van der Waals surface area (Å²) >= 11 is 0. The number of nitrogens with two attached hydrogens (primary N) is 1. The first-order valence-corrected chi connectivity index (χ1v) is 7.47. The Labute approximate surface area is 153 Å². The van der Waals surface area contributed by atoms with Crippen molar-refractivity contribution in [1.29, 1.82) is 0 Å². The minimum Gasteiger partial charge on any atom is -0.370 e. The molecule has 2 aromatic carbocycles. The predicted octanol–water partition coefficient (Wildman–Crippen LogP) is 4.21. The lowest BCUT2D eigenvalue weighted by Crippen LogP contribution is -2.25. The molecule has 1 fully saturated rings. The number of hydrogen-bond acceptors (Lipinski definition) is 1. The molecular formula is C18H21FIN3. The monoisotopic (exact) mass is 425 g/mol. The lowest BCUT2D eigenvalue weighted by Gasteiger charge is -2.14. The summed E-state index contributed by atoms with van der Waals surface area (Å²) in [7, 11) is 0. The molecule has 3 nitrogen and oxygen atoms in total. The molecule has 0 spiro atoms. The number of anilines is 1. The molecule has 2 aromatic rings. The summed E-state index contributed by atoms with van der Waals surface area (Å²) in [6, 6.07) is 14.7. The normalized spacial score (nSPS) is 15.7. The molecule has 23 heavy (non-hydrogen) atoms. The first kappa shape index (κ1) is 17.7. The third-order valence-electron chi connectivity index (χ3n) is 4.15. The molecule has 0 bridgehead atoms. The van der Waals surface area contributed by atoms with E-state index in [-0.39, 0.29) is 35.2 Å². The zero-order valence-corrected chi connectivity index (χ0v) is 15.4. The van der Waals surface area contributed by atoms with Crippen LogP contribution in [-0.4, -0.2) is 12.5 Å². The second kappa shape index (κ2) is 7.29. The first-order valence-electron chi connectivity index (χ1n) is 7.47. The molecule has 0 radical (unpaired) electrons. The first-order chi connectivity index (χ1) is 10.6. The van der Waals surface area contributed by atoms with Crippen LogP contribution in [0.25, 0.3) is 0 Å². The molecule has 0 aromatic heterocycles. The van der Waals surface area contributed by atoms with Crippen LogP contribution in [0.4, 0.5) is 10.1 Å². The minimum atomic E-state index is -0.205. The van der Waals surface area contributed by atoms with Crippen molar-refractivity contribution < 1.29 is 4.39 Å². The van der Waals surface area contributed by atoms with Gasteiger partial charge in [-0.05, 0) is 55.2 Å². The summed E-state index contributed by atoms with van der Waals surface area (Å²) in [6.07, 6.45) is 2.14. The Bertz CT molecular complexity index is 694. The lowest BCUT2D eigenvalue weighted by atomic mass is 9.96. The lowest BCUT2D eigenvalue weighted by molar-refractivity contribution is 0.623. The third kappa shape index (κ3) is 4.43. The highest BCUT2D eigenvalue weighted by molar-refractivity contribution is 14.0. The van der Waals surface area contributed by atoms with Gasteiger partial charge >= 0.3 is 0 Å². The van der Waals surface area contributed by atoms with Gasteiger partial charge in [-0.1, -0.05) is 24.3 Å².